The van der Waals surface area contributed by atoms with Gasteiger partial charge in [0.25, 0.3) is 0 Å². The van der Waals surface area contributed by atoms with E-state index in [9.17, 15) is 0 Å². The molecule has 0 radical (unpaired) electrons. The summed E-state index contributed by atoms with van der Waals surface area (Å²) >= 11 is 0. The molecule has 0 saturated carbocycles. The zero-order valence-corrected chi connectivity index (χ0v) is 25.6. The van der Waals surface area contributed by atoms with Crippen molar-refractivity contribution in [1.29, 1.82) is 0 Å². The Morgan fingerprint density at radius 1 is 0.404 bits per heavy atom. The van der Waals surface area contributed by atoms with Gasteiger partial charge in [-0.25, -0.2) is 4.98 Å². The second kappa shape index (κ2) is 10.1. The molecule has 10 aromatic rings. The average Bonchev–Trinajstić information content (AvgIpc) is 3.49. The van der Waals surface area contributed by atoms with Crippen LogP contribution in [0.2, 0.25) is 0 Å². The maximum absolute atomic E-state index is 5.34. The van der Waals surface area contributed by atoms with Crippen LogP contribution in [0.1, 0.15) is 0 Å². The van der Waals surface area contributed by atoms with E-state index in [1.165, 1.54) is 65.3 Å². The third-order valence-corrected chi connectivity index (χ3v) is 9.73. The van der Waals surface area contributed by atoms with E-state index in [4.69, 9.17) is 4.98 Å². The van der Waals surface area contributed by atoms with Crippen molar-refractivity contribution in [3.63, 3.8) is 0 Å². The maximum Gasteiger partial charge on any atom is 0.0809 e. The van der Waals surface area contributed by atoms with E-state index < -0.39 is 0 Å². The zero-order chi connectivity index (χ0) is 30.9. The van der Waals surface area contributed by atoms with Gasteiger partial charge in [-0.15, -0.1) is 0 Å². The van der Waals surface area contributed by atoms with E-state index >= 15 is 0 Å². The van der Waals surface area contributed by atoms with E-state index in [0.29, 0.717) is 0 Å². The molecular weight excluding hydrogens is 569 g/mol. The minimum atomic E-state index is 1.01. The standard InChI is InChI=1S/C45H28N2/c1-2-13-29(14-3-1)44-43-38(36-21-8-10-23-41(36)46-44)25-26-39-37-22-9-11-24-42(37)47(45(39)43)32-17-12-16-30(27-32)40-28-31-15-4-5-18-33(31)34-19-6-7-20-35(34)40/h1-28H. The largest absolute Gasteiger partial charge is 0.309 e. The molecule has 8 aromatic carbocycles. The summed E-state index contributed by atoms with van der Waals surface area (Å²) in [4.78, 5) is 5.34. The van der Waals surface area contributed by atoms with Crippen LogP contribution in [-0.2, 0) is 0 Å². The summed E-state index contributed by atoms with van der Waals surface area (Å²) in [5.74, 6) is 0. The molecule has 47 heavy (non-hydrogen) atoms. The van der Waals surface area contributed by atoms with Crippen molar-refractivity contribution in [2.24, 2.45) is 0 Å². The Hall–Kier alpha value is -6.25. The van der Waals surface area contributed by atoms with Crippen LogP contribution in [0.3, 0.4) is 0 Å². The van der Waals surface area contributed by atoms with Crippen molar-refractivity contribution < 1.29 is 0 Å². The van der Waals surface area contributed by atoms with Crippen LogP contribution in [0.5, 0.6) is 0 Å². The number of nitrogens with zero attached hydrogens (tertiary/aromatic N) is 2. The molecule has 0 fully saturated rings. The molecule has 0 aliphatic carbocycles. The fourth-order valence-corrected chi connectivity index (χ4v) is 7.68. The molecule has 0 amide bonds. The molecular formula is C45H28N2. The lowest BCUT2D eigenvalue weighted by atomic mass is 9.93. The van der Waals surface area contributed by atoms with E-state index in [-0.39, 0.29) is 0 Å². The molecule has 0 aliphatic heterocycles. The fourth-order valence-electron chi connectivity index (χ4n) is 7.68. The molecule has 0 spiro atoms. The summed E-state index contributed by atoms with van der Waals surface area (Å²) in [6.07, 6.45) is 0. The Bertz CT molecular complexity index is 2840. The van der Waals surface area contributed by atoms with Crippen molar-refractivity contribution in [3.8, 4) is 28.1 Å². The van der Waals surface area contributed by atoms with Crippen molar-refractivity contribution in [1.82, 2.24) is 9.55 Å². The molecule has 0 bridgehead atoms. The number of aromatic nitrogens is 2. The molecule has 10 rings (SSSR count). The van der Waals surface area contributed by atoms with Gasteiger partial charge < -0.3 is 4.57 Å². The van der Waals surface area contributed by atoms with Gasteiger partial charge in [-0.2, -0.15) is 0 Å². The van der Waals surface area contributed by atoms with E-state index in [2.05, 4.69) is 174 Å². The SMILES string of the molecule is c1ccc(-c2nc3ccccc3c3ccc4c5ccccc5n(-c5cccc(-c6cc7ccccc7c7ccccc67)c5)c4c23)cc1. The molecule has 0 unspecified atom stereocenters. The summed E-state index contributed by atoms with van der Waals surface area (Å²) in [7, 11) is 0. The highest BCUT2D eigenvalue weighted by Gasteiger charge is 2.20. The molecule has 2 nitrogen and oxygen atoms in total. The number of fused-ring (bicyclic) bond motifs is 10. The Morgan fingerprint density at radius 3 is 1.94 bits per heavy atom. The number of benzene rings is 8. The highest BCUT2D eigenvalue weighted by atomic mass is 15.0. The van der Waals surface area contributed by atoms with Gasteiger partial charge in [0.15, 0.2) is 0 Å². The first-order valence-corrected chi connectivity index (χ1v) is 16.1. The van der Waals surface area contributed by atoms with Crippen LogP contribution in [0, 0.1) is 0 Å². The molecule has 2 aromatic heterocycles. The van der Waals surface area contributed by atoms with Crippen LogP contribution in [0.15, 0.2) is 170 Å². The van der Waals surface area contributed by atoms with E-state index in [1.807, 2.05) is 0 Å². The molecule has 0 atom stereocenters. The number of hydrogen-bond acceptors (Lipinski definition) is 1. The van der Waals surface area contributed by atoms with Gasteiger partial charge >= 0.3 is 0 Å². The highest BCUT2D eigenvalue weighted by Crippen LogP contribution is 2.43. The number of para-hydroxylation sites is 2. The summed E-state index contributed by atoms with van der Waals surface area (Å²) in [6, 6.07) is 61.4. The average molecular weight is 597 g/mol. The molecule has 0 N–H and O–H groups in total. The van der Waals surface area contributed by atoms with Gasteiger partial charge in [0.1, 0.15) is 0 Å². The van der Waals surface area contributed by atoms with Crippen LogP contribution in [0.4, 0.5) is 0 Å². The number of rotatable bonds is 3. The summed E-state index contributed by atoms with van der Waals surface area (Å²) in [6.45, 7) is 0. The lowest BCUT2D eigenvalue weighted by Gasteiger charge is -2.16. The predicted molar refractivity (Wildman–Crippen MR) is 199 cm³/mol. The second-order valence-electron chi connectivity index (χ2n) is 12.3. The summed E-state index contributed by atoms with van der Waals surface area (Å²) in [5.41, 5.74) is 9.06. The highest BCUT2D eigenvalue weighted by molar-refractivity contribution is 6.26. The summed E-state index contributed by atoms with van der Waals surface area (Å²) < 4.78 is 2.46. The van der Waals surface area contributed by atoms with Crippen molar-refractivity contribution in [3.05, 3.63) is 170 Å². The first-order chi connectivity index (χ1) is 23.3. The fraction of sp³-hybridized carbons (Fsp3) is 0. The van der Waals surface area contributed by atoms with Crippen LogP contribution in [-0.4, -0.2) is 9.55 Å². The van der Waals surface area contributed by atoms with E-state index in [1.54, 1.807) is 0 Å². The van der Waals surface area contributed by atoms with Gasteiger partial charge in [0, 0.05) is 32.8 Å². The Kier molecular flexibility index (Phi) is 5.61. The molecule has 0 saturated heterocycles. The first kappa shape index (κ1) is 26.0. The van der Waals surface area contributed by atoms with Crippen LogP contribution in [0.25, 0.3) is 93.1 Å². The minimum absolute atomic E-state index is 1.01. The maximum atomic E-state index is 5.34. The first-order valence-electron chi connectivity index (χ1n) is 16.1. The minimum Gasteiger partial charge on any atom is -0.309 e. The van der Waals surface area contributed by atoms with Gasteiger partial charge in [-0.05, 0) is 68.4 Å². The Morgan fingerprint density at radius 2 is 1.06 bits per heavy atom. The molecule has 2 heterocycles. The molecule has 2 heteroatoms. The third-order valence-electron chi connectivity index (χ3n) is 9.73. The Balaban J connectivity index is 1.34. The molecule has 0 aliphatic rings. The monoisotopic (exact) mass is 596 g/mol. The van der Waals surface area contributed by atoms with Gasteiger partial charge in [0.2, 0.25) is 0 Å². The zero-order valence-electron chi connectivity index (χ0n) is 25.6. The van der Waals surface area contributed by atoms with Gasteiger partial charge in [-0.1, -0.05) is 140 Å². The van der Waals surface area contributed by atoms with Crippen molar-refractivity contribution >= 4 is 65.0 Å². The van der Waals surface area contributed by atoms with Crippen molar-refractivity contribution in [2.45, 2.75) is 0 Å². The number of pyridine rings is 1. The van der Waals surface area contributed by atoms with Crippen LogP contribution < -0.4 is 0 Å². The van der Waals surface area contributed by atoms with Crippen LogP contribution >= 0.6 is 0 Å². The Labute approximate surface area is 271 Å². The lowest BCUT2D eigenvalue weighted by Crippen LogP contribution is -1.97. The second-order valence-corrected chi connectivity index (χ2v) is 12.3. The lowest BCUT2D eigenvalue weighted by molar-refractivity contribution is 1.19. The smallest absolute Gasteiger partial charge is 0.0809 e. The normalized spacial score (nSPS) is 11.8. The topological polar surface area (TPSA) is 17.8 Å². The van der Waals surface area contributed by atoms with E-state index in [0.717, 1.165) is 27.8 Å². The number of hydrogen-bond donors (Lipinski definition) is 0. The van der Waals surface area contributed by atoms with Gasteiger partial charge in [-0.3, -0.25) is 0 Å². The third kappa shape index (κ3) is 3.89. The predicted octanol–water partition coefficient (Wildman–Crippen LogP) is 12.1. The van der Waals surface area contributed by atoms with Gasteiger partial charge in [0.05, 0.1) is 22.2 Å². The quantitative estimate of drug-likeness (QED) is 0.186. The molecule has 218 valence electrons. The summed E-state index contributed by atoms with van der Waals surface area (Å²) in [5, 5.41) is 11.1. The van der Waals surface area contributed by atoms with Crippen molar-refractivity contribution in [2.75, 3.05) is 0 Å².